The number of hydrogen-bond donors (Lipinski definition) is 1. The van der Waals surface area contributed by atoms with Gasteiger partial charge in [0.25, 0.3) is 0 Å². The smallest absolute Gasteiger partial charge is 0.0991 e. The maximum Gasteiger partial charge on any atom is 0.0991 e. The molecular weight excluding hydrogens is 196 g/mol. The molecule has 0 saturated heterocycles. The van der Waals surface area contributed by atoms with Gasteiger partial charge in [-0.3, -0.25) is 0 Å². The lowest BCUT2D eigenvalue weighted by molar-refractivity contribution is 0.449. The molecule has 1 aromatic rings. The summed E-state index contributed by atoms with van der Waals surface area (Å²) in [5.41, 5.74) is 1.96. The van der Waals surface area contributed by atoms with E-state index in [1.54, 1.807) is 0 Å². The molecule has 1 saturated carbocycles. The van der Waals surface area contributed by atoms with E-state index in [1.807, 2.05) is 18.2 Å². The second-order valence-electron chi connectivity index (χ2n) is 4.55. The van der Waals surface area contributed by atoms with Crippen molar-refractivity contribution < 1.29 is 0 Å². The monoisotopic (exact) mass is 214 g/mol. The van der Waals surface area contributed by atoms with Gasteiger partial charge in [-0.25, -0.2) is 0 Å². The predicted octanol–water partition coefficient (Wildman–Crippen LogP) is 2.84. The minimum Gasteiger partial charge on any atom is -0.310 e. The fourth-order valence-corrected chi connectivity index (χ4v) is 2.14. The van der Waals surface area contributed by atoms with Crippen molar-refractivity contribution >= 4 is 0 Å². The van der Waals surface area contributed by atoms with Crippen molar-refractivity contribution in [2.45, 2.75) is 38.8 Å². The topological polar surface area (TPSA) is 35.8 Å². The molecule has 84 valence electrons. The lowest BCUT2D eigenvalue weighted by Gasteiger charge is -2.16. The van der Waals surface area contributed by atoms with E-state index in [1.165, 1.54) is 24.8 Å². The normalized spacial score (nSPS) is 16.8. The summed E-state index contributed by atoms with van der Waals surface area (Å²) >= 11 is 0. The summed E-state index contributed by atoms with van der Waals surface area (Å²) in [5, 5.41) is 12.4. The number of benzene rings is 1. The van der Waals surface area contributed by atoms with E-state index in [2.05, 4.69) is 24.4 Å². The molecule has 2 nitrogen and oxygen atoms in total. The van der Waals surface area contributed by atoms with E-state index >= 15 is 0 Å². The molecule has 0 bridgehead atoms. The Morgan fingerprint density at radius 3 is 2.94 bits per heavy atom. The summed E-state index contributed by atoms with van der Waals surface area (Å²) in [7, 11) is 0. The van der Waals surface area contributed by atoms with Gasteiger partial charge >= 0.3 is 0 Å². The van der Waals surface area contributed by atoms with Crippen molar-refractivity contribution in [1.29, 1.82) is 5.26 Å². The van der Waals surface area contributed by atoms with Gasteiger partial charge < -0.3 is 5.32 Å². The fourth-order valence-electron chi connectivity index (χ4n) is 2.14. The summed E-state index contributed by atoms with van der Waals surface area (Å²) in [6.07, 6.45) is 3.95. The molecule has 0 spiro atoms. The minimum atomic E-state index is 0.658. The second-order valence-corrected chi connectivity index (χ2v) is 4.55. The molecule has 1 aliphatic carbocycles. The van der Waals surface area contributed by atoms with Crippen LogP contribution in [-0.2, 0) is 6.54 Å². The maximum atomic E-state index is 8.81. The molecule has 0 radical (unpaired) electrons. The van der Waals surface area contributed by atoms with Crippen LogP contribution in [0.4, 0.5) is 0 Å². The van der Waals surface area contributed by atoms with Crippen LogP contribution < -0.4 is 5.32 Å². The number of hydrogen-bond acceptors (Lipinski definition) is 2. The third-order valence-corrected chi connectivity index (χ3v) is 3.26. The molecule has 0 heterocycles. The summed E-state index contributed by atoms with van der Waals surface area (Å²) in [6, 6.07) is 10.7. The first-order valence-corrected chi connectivity index (χ1v) is 6.06. The van der Waals surface area contributed by atoms with Crippen LogP contribution in [0.15, 0.2) is 24.3 Å². The molecule has 1 unspecified atom stereocenters. The molecule has 1 fully saturated rings. The Kier molecular flexibility index (Phi) is 3.58. The highest BCUT2D eigenvalue weighted by Gasteiger charge is 2.29. The van der Waals surface area contributed by atoms with Crippen LogP contribution in [0.1, 0.15) is 37.3 Å². The zero-order chi connectivity index (χ0) is 11.4. The van der Waals surface area contributed by atoms with Gasteiger partial charge in [-0.05, 0) is 42.9 Å². The summed E-state index contributed by atoms with van der Waals surface area (Å²) in [4.78, 5) is 0. The molecule has 0 aromatic heterocycles. The molecular formula is C14H18N2. The quantitative estimate of drug-likeness (QED) is 0.818. The van der Waals surface area contributed by atoms with Crippen LogP contribution in [0.2, 0.25) is 0 Å². The van der Waals surface area contributed by atoms with E-state index in [0.29, 0.717) is 6.04 Å². The van der Waals surface area contributed by atoms with Gasteiger partial charge in [-0.15, -0.1) is 0 Å². The van der Waals surface area contributed by atoms with E-state index in [0.717, 1.165) is 18.0 Å². The van der Waals surface area contributed by atoms with Gasteiger partial charge in [0.2, 0.25) is 0 Å². The van der Waals surface area contributed by atoms with E-state index in [4.69, 9.17) is 5.26 Å². The number of nitrogens with zero attached hydrogens (tertiary/aromatic N) is 1. The van der Waals surface area contributed by atoms with Crippen molar-refractivity contribution in [1.82, 2.24) is 5.32 Å². The molecule has 1 aromatic carbocycles. The summed E-state index contributed by atoms with van der Waals surface area (Å²) in [5.74, 6) is 0.893. The first kappa shape index (κ1) is 11.2. The van der Waals surface area contributed by atoms with Gasteiger partial charge in [0.1, 0.15) is 0 Å². The average molecular weight is 214 g/mol. The SMILES string of the molecule is CCC(NCc1cccc(C#N)c1)C1CC1. The highest BCUT2D eigenvalue weighted by atomic mass is 14.9. The largest absolute Gasteiger partial charge is 0.310 e. The lowest BCUT2D eigenvalue weighted by atomic mass is 10.1. The highest BCUT2D eigenvalue weighted by Crippen LogP contribution is 2.33. The van der Waals surface area contributed by atoms with Crippen LogP contribution in [0.3, 0.4) is 0 Å². The van der Waals surface area contributed by atoms with Gasteiger partial charge in [-0.2, -0.15) is 5.26 Å². The van der Waals surface area contributed by atoms with Crippen LogP contribution in [-0.4, -0.2) is 6.04 Å². The number of nitrogens with one attached hydrogen (secondary N) is 1. The Morgan fingerprint density at radius 2 is 2.31 bits per heavy atom. The van der Waals surface area contributed by atoms with Crippen molar-refractivity contribution in [2.24, 2.45) is 5.92 Å². The zero-order valence-electron chi connectivity index (χ0n) is 9.74. The average Bonchev–Trinajstić information content (AvgIpc) is 3.15. The van der Waals surface area contributed by atoms with Crippen molar-refractivity contribution in [2.75, 3.05) is 0 Å². The Bertz CT molecular complexity index is 388. The van der Waals surface area contributed by atoms with Gasteiger partial charge in [0.05, 0.1) is 11.6 Å². The fraction of sp³-hybridized carbons (Fsp3) is 0.500. The Hall–Kier alpha value is -1.33. The van der Waals surface area contributed by atoms with Gasteiger partial charge in [0, 0.05) is 12.6 Å². The van der Waals surface area contributed by atoms with Crippen LogP contribution >= 0.6 is 0 Å². The van der Waals surface area contributed by atoms with E-state index < -0.39 is 0 Å². The Morgan fingerprint density at radius 1 is 1.50 bits per heavy atom. The first-order chi connectivity index (χ1) is 7.83. The molecule has 2 rings (SSSR count). The predicted molar refractivity (Wildman–Crippen MR) is 64.8 cm³/mol. The van der Waals surface area contributed by atoms with E-state index in [-0.39, 0.29) is 0 Å². The summed E-state index contributed by atoms with van der Waals surface area (Å²) < 4.78 is 0. The molecule has 1 N–H and O–H groups in total. The van der Waals surface area contributed by atoms with Crippen LogP contribution in [0.25, 0.3) is 0 Å². The van der Waals surface area contributed by atoms with Crippen molar-refractivity contribution in [3.8, 4) is 6.07 Å². The zero-order valence-corrected chi connectivity index (χ0v) is 9.74. The van der Waals surface area contributed by atoms with Crippen LogP contribution in [0, 0.1) is 17.2 Å². The first-order valence-electron chi connectivity index (χ1n) is 6.06. The van der Waals surface area contributed by atoms with E-state index in [9.17, 15) is 0 Å². The highest BCUT2D eigenvalue weighted by molar-refractivity contribution is 5.32. The molecule has 0 aliphatic heterocycles. The standard InChI is InChI=1S/C14H18N2/c1-2-14(13-6-7-13)16-10-12-5-3-4-11(8-12)9-15/h3-5,8,13-14,16H,2,6-7,10H2,1H3. The van der Waals surface area contributed by atoms with Gasteiger partial charge in [-0.1, -0.05) is 19.1 Å². The Balaban J connectivity index is 1.90. The number of rotatable bonds is 5. The molecule has 1 aliphatic rings. The third kappa shape index (κ3) is 2.84. The molecule has 16 heavy (non-hydrogen) atoms. The van der Waals surface area contributed by atoms with Crippen molar-refractivity contribution in [3.05, 3.63) is 35.4 Å². The lowest BCUT2D eigenvalue weighted by Crippen LogP contribution is -2.29. The molecule has 1 atom stereocenters. The number of nitriles is 1. The van der Waals surface area contributed by atoms with Crippen molar-refractivity contribution in [3.63, 3.8) is 0 Å². The Labute approximate surface area is 97.3 Å². The minimum absolute atomic E-state index is 0.658. The third-order valence-electron chi connectivity index (χ3n) is 3.26. The maximum absolute atomic E-state index is 8.81. The summed E-state index contributed by atoms with van der Waals surface area (Å²) in [6.45, 7) is 3.12. The van der Waals surface area contributed by atoms with Gasteiger partial charge in [0.15, 0.2) is 0 Å². The molecule has 2 heteroatoms. The second kappa shape index (κ2) is 5.14. The van der Waals surface area contributed by atoms with Crippen LogP contribution in [0.5, 0.6) is 0 Å². The molecule has 0 amide bonds.